The zero-order valence-corrected chi connectivity index (χ0v) is 12.3. The highest BCUT2D eigenvalue weighted by molar-refractivity contribution is 7.09. The van der Waals surface area contributed by atoms with Crippen molar-refractivity contribution in [1.29, 1.82) is 0 Å². The molecule has 0 aliphatic carbocycles. The molecule has 0 amide bonds. The molecule has 1 fully saturated rings. The van der Waals surface area contributed by atoms with E-state index in [-0.39, 0.29) is 0 Å². The van der Waals surface area contributed by atoms with Gasteiger partial charge in [0.15, 0.2) is 5.96 Å². The van der Waals surface area contributed by atoms with Gasteiger partial charge in [-0.2, -0.15) is 0 Å². The molecule has 1 aromatic rings. The number of nitrogens with zero attached hydrogens (tertiary/aromatic N) is 1. The molecule has 5 heteroatoms. The van der Waals surface area contributed by atoms with E-state index in [0.29, 0.717) is 6.10 Å². The lowest BCUT2D eigenvalue weighted by Gasteiger charge is -2.12. The predicted molar refractivity (Wildman–Crippen MR) is 81.0 cm³/mol. The summed E-state index contributed by atoms with van der Waals surface area (Å²) in [6.45, 7) is 5.54. The Bertz CT molecular complexity index is 372. The third-order valence-corrected chi connectivity index (χ3v) is 4.00. The van der Waals surface area contributed by atoms with Crippen molar-refractivity contribution in [3.63, 3.8) is 0 Å². The zero-order valence-electron chi connectivity index (χ0n) is 11.5. The Morgan fingerprint density at radius 1 is 1.53 bits per heavy atom. The molecule has 0 bridgehead atoms. The smallest absolute Gasteiger partial charge is 0.191 e. The van der Waals surface area contributed by atoms with Gasteiger partial charge in [-0.3, -0.25) is 4.99 Å². The first-order valence-electron chi connectivity index (χ1n) is 7.04. The van der Waals surface area contributed by atoms with E-state index in [1.54, 1.807) is 11.3 Å². The van der Waals surface area contributed by atoms with E-state index in [9.17, 15) is 0 Å². The minimum atomic E-state index is 0.313. The van der Waals surface area contributed by atoms with Gasteiger partial charge in [0.1, 0.15) is 0 Å². The first-order chi connectivity index (χ1) is 9.38. The molecule has 19 heavy (non-hydrogen) atoms. The maximum atomic E-state index is 5.58. The molecule has 4 nitrogen and oxygen atoms in total. The fourth-order valence-corrected chi connectivity index (χ4v) is 2.79. The second kappa shape index (κ2) is 8.17. The molecule has 1 aliphatic rings. The van der Waals surface area contributed by atoms with Crippen molar-refractivity contribution >= 4 is 17.3 Å². The summed E-state index contributed by atoms with van der Waals surface area (Å²) in [6, 6.07) is 4.26. The molecule has 2 heterocycles. The van der Waals surface area contributed by atoms with Crippen molar-refractivity contribution < 1.29 is 4.74 Å². The summed E-state index contributed by atoms with van der Waals surface area (Å²) < 4.78 is 5.58. The van der Waals surface area contributed by atoms with E-state index in [1.165, 1.54) is 11.3 Å². The van der Waals surface area contributed by atoms with Crippen LogP contribution in [0.5, 0.6) is 0 Å². The minimum Gasteiger partial charge on any atom is -0.376 e. The average molecular weight is 281 g/mol. The summed E-state index contributed by atoms with van der Waals surface area (Å²) in [5.74, 6) is 0.898. The van der Waals surface area contributed by atoms with Crippen LogP contribution in [0.3, 0.4) is 0 Å². The normalized spacial score (nSPS) is 19.6. The topological polar surface area (TPSA) is 45.7 Å². The second-order valence-corrected chi connectivity index (χ2v) is 5.64. The van der Waals surface area contributed by atoms with Gasteiger partial charge in [0, 0.05) is 24.6 Å². The molecule has 0 saturated carbocycles. The number of hydrogen-bond donors (Lipinski definition) is 2. The number of rotatable bonds is 6. The van der Waals surface area contributed by atoms with Crippen LogP contribution in [-0.4, -0.2) is 38.3 Å². The summed E-state index contributed by atoms with van der Waals surface area (Å²) in [5, 5.41) is 8.76. The Labute approximate surface area is 119 Å². The van der Waals surface area contributed by atoms with E-state index < -0.39 is 0 Å². The van der Waals surface area contributed by atoms with Crippen LogP contribution < -0.4 is 10.6 Å². The first kappa shape index (κ1) is 14.3. The summed E-state index contributed by atoms with van der Waals surface area (Å²) >= 11 is 1.80. The zero-order chi connectivity index (χ0) is 13.3. The molecule has 1 aliphatic heterocycles. The van der Waals surface area contributed by atoms with Gasteiger partial charge in [-0.25, -0.2) is 0 Å². The average Bonchev–Trinajstić information content (AvgIpc) is 3.09. The lowest BCUT2D eigenvalue weighted by atomic mass is 10.2. The van der Waals surface area contributed by atoms with Crippen LogP contribution in [0.25, 0.3) is 0 Å². The van der Waals surface area contributed by atoms with Gasteiger partial charge in [-0.15, -0.1) is 11.3 Å². The fraction of sp³-hybridized carbons (Fsp3) is 0.643. The van der Waals surface area contributed by atoms with E-state index in [2.05, 4.69) is 40.1 Å². The van der Waals surface area contributed by atoms with Crippen molar-refractivity contribution in [2.24, 2.45) is 4.99 Å². The molecular weight excluding hydrogens is 258 g/mol. The Hall–Kier alpha value is -1.07. The molecule has 1 atom stereocenters. The largest absolute Gasteiger partial charge is 0.376 e. The summed E-state index contributed by atoms with van der Waals surface area (Å²) in [7, 11) is 0. The maximum Gasteiger partial charge on any atom is 0.191 e. The number of nitrogens with one attached hydrogen (secondary N) is 2. The monoisotopic (exact) mass is 281 g/mol. The van der Waals surface area contributed by atoms with Crippen LogP contribution in [0.1, 0.15) is 24.6 Å². The lowest BCUT2D eigenvalue weighted by molar-refractivity contribution is 0.117. The Morgan fingerprint density at radius 3 is 3.16 bits per heavy atom. The van der Waals surface area contributed by atoms with Crippen LogP contribution >= 0.6 is 11.3 Å². The van der Waals surface area contributed by atoms with E-state index in [1.807, 2.05) is 0 Å². The summed E-state index contributed by atoms with van der Waals surface area (Å²) in [4.78, 5) is 5.99. The van der Waals surface area contributed by atoms with E-state index in [4.69, 9.17) is 4.74 Å². The van der Waals surface area contributed by atoms with Crippen LogP contribution in [0.4, 0.5) is 0 Å². The number of thiophene rings is 1. The minimum absolute atomic E-state index is 0.313. The van der Waals surface area contributed by atoms with Crippen molar-refractivity contribution in [3.8, 4) is 0 Å². The fourth-order valence-electron chi connectivity index (χ4n) is 2.08. The quantitative estimate of drug-likeness (QED) is 0.619. The van der Waals surface area contributed by atoms with Crippen LogP contribution in [0, 0.1) is 0 Å². The number of ether oxygens (including phenoxy) is 1. The molecule has 106 valence electrons. The van der Waals surface area contributed by atoms with Crippen LogP contribution in [0.15, 0.2) is 22.5 Å². The van der Waals surface area contributed by atoms with Gasteiger partial charge in [0.25, 0.3) is 0 Å². The number of hydrogen-bond acceptors (Lipinski definition) is 3. The van der Waals surface area contributed by atoms with Gasteiger partial charge in [-0.1, -0.05) is 6.07 Å². The molecule has 1 saturated heterocycles. The number of guanidine groups is 1. The molecule has 1 unspecified atom stereocenters. The third-order valence-electron chi connectivity index (χ3n) is 3.07. The highest BCUT2D eigenvalue weighted by Crippen LogP contribution is 2.11. The maximum absolute atomic E-state index is 5.58. The van der Waals surface area contributed by atoms with Gasteiger partial charge >= 0.3 is 0 Å². The van der Waals surface area contributed by atoms with Crippen LogP contribution in [0.2, 0.25) is 0 Å². The number of aliphatic imine (C=N–C) groups is 1. The lowest BCUT2D eigenvalue weighted by Crippen LogP contribution is -2.38. The summed E-state index contributed by atoms with van der Waals surface area (Å²) in [5.41, 5.74) is 0. The third kappa shape index (κ3) is 5.20. The predicted octanol–water partition coefficient (Wildman–Crippen LogP) is 2.02. The molecule has 0 spiro atoms. The molecule has 0 radical (unpaired) electrons. The first-order valence-corrected chi connectivity index (χ1v) is 7.92. The molecular formula is C14H23N3OS. The standard InChI is InChI=1S/C14H23N3OS/c1-2-15-14(17-11-12-5-3-9-18-12)16-8-7-13-6-4-10-19-13/h4,6,10,12H,2-3,5,7-9,11H2,1H3,(H2,15,16,17). The Balaban J connectivity index is 1.72. The van der Waals surface area contributed by atoms with Gasteiger partial charge < -0.3 is 15.4 Å². The van der Waals surface area contributed by atoms with Gasteiger partial charge in [0.05, 0.1) is 12.6 Å². The molecule has 1 aromatic heterocycles. The van der Waals surface area contributed by atoms with Crippen molar-refractivity contribution in [1.82, 2.24) is 10.6 Å². The van der Waals surface area contributed by atoms with Gasteiger partial charge in [-0.05, 0) is 37.6 Å². The van der Waals surface area contributed by atoms with Crippen molar-refractivity contribution in [3.05, 3.63) is 22.4 Å². The Morgan fingerprint density at radius 2 is 2.47 bits per heavy atom. The summed E-state index contributed by atoms with van der Waals surface area (Å²) in [6.07, 6.45) is 3.66. The van der Waals surface area contributed by atoms with Crippen LogP contribution in [-0.2, 0) is 11.2 Å². The SMILES string of the molecule is CCNC(=NCC1CCCO1)NCCc1cccs1. The van der Waals surface area contributed by atoms with Crippen molar-refractivity contribution in [2.45, 2.75) is 32.3 Å². The van der Waals surface area contributed by atoms with Gasteiger partial charge in [0.2, 0.25) is 0 Å². The highest BCUT2D eigenvalue weighted by Gasteiger charge is 2.14. The van der Waals surface area contributed by atoms with E-state index in [0.717, 1.165) is 45.0 Å². The second-order valence-electron chi connectivity index (χ2n) is 4.61. The molecule has 2 N–H and O–H groups in total. The van der Waals surface area contributed by atoms with E-state index >= 15 is 0 Å². The molecule has 0 aromatic carbocycles. The van der Waals surface area contributed by atoms with Crippen molar-refractivity contribution in [2.75, 3.05) is 26.2 Å². The molecule has 2 rings (SSSR count). The Kier molecular flexibility index (Phi) is 6.17. The highest BCUT2D eigenvalue weighted by atomic mass is 32.1.